The molecule has 4 aliphatic rings. The molecule has 7 unspecified atom stereocenters. The fourth-order valence-electron chi connectivity index (χ4n) is 6.14. The summed E-state index contributed by atoms with van der Waals surface area (Å²) in [6.07, 6.45) is 5.32. The fraction of sp³-hybridized carbons (Fsp3) is 0.938. The first-order chi connectivity index (χ1) is 9.68. The van der Waals surface area contributed by atoms with E-state index in [1.54, 1.807) is 0 Å². The van der Waals surface area contributed by atoms with Crippen LogP contribution in [0.25, 0.3) is 0 Å². The van der Waals surface area contributed by atoms with Crippen molar-refractivity contribution < 1.29 is 15.0 Å². The summed E-state index contributed by atoms with van der Waals surface area (Å²) < 4.78 is 0. The van der Waals surface area contributed by atoms with E-state index in [-0.39, 0.29) is 29.8 Å². The Labute approximate surface area is 120 Å². The molecule has 4 fully saturated rings. The number of ketones is 1. The maximum absolute atomic E-state index is 12.5. The largest absolute Gasteiger partial charge is 0.396 e. The van der Waals surface area contributed by atoms with Crippen molar-refractivity contribution in [1.29, 1.82) is 0 Å². The molecule has 112 valence electrons. The summed E-state index contributed by atoms with van der Waals surface area (Å²) in [6.45, 7) is 2.28. The maximum Gasteiger partial charge on any atom is 0.137 e. The molecule has 0 aromatic carbocycles. The predicted molar refractivity (Wildman–Crippen MR) is 74.1 cm³/mol. The highest BCUT2D eigenvalue weighted by Gasteiger charge is 2.65. The van der Waals surface area contributed by atoms with Crippen LogP contribution in [0.5, 0.6) is 0 Å². The molecule has 2 saturated carbocycles. The molecule has 0 radical (unpaired) electrons. The van der Waals surface area contributed by atoms with Gasteiger partial charge in [-0.2, -0.15) is 0 Å². The van der Waals surface area contributed by atoms with Crippen LogP contribution >= 0.6 is 0 Å². The first-order valence-corrected chi connectivity index (χ1v) is 8.24. The summed E-state index contributed by atoms with van der Waals surface area (Å²) >= 11 is 0. The van der Waals surface area contributed by atoms with Gasteiger partial charge in [-0.25, -0.2) is 0 Å². The Hall–Kier alpha value is -0.450. The summed E-state index contributed by atoms with van der Waals surface area (Å²) in [6, 6.07) is 0.417. The molecule has 2 heterocycles. The Kier molecular flexibility index (Phi) is 2.99. The highest BCUT2D eigenvalue weighted by molar-refractivity contribution is 5.85. The van der Waals surface area contributed by atoms with Crippen molar-refractivity contribution in [3.05, 3.63) is 0 Å². The van der Waals surface area contributed by atoms with Crippen molar-refractivity contribution in [2.45, 2.75) is 50.7 Å². The van der Waals surface area contributed by atoms with Gasteiger partial charge in [0.15, 0.2) is 0 Å². The lowest BCUT2D eigenvalue weighted by molar-refractivity contribution is -0.142. The van der Waals surface area contributed by atoms with Crippen molar-refractivity contribution in [2.24, 2.45) is 23.2 Å². The number of aliphatic hydroxyl groups excluding tert-OH is 2. The van der Waals surface area contributed by atoms with Crippen LogP contribution in [0.15, 0.2) is 0 Å². The molecule has 4 rings (SSSR count). The summed E-state index contributed by atoms with van der Waals surface area (Å²) in [5.41, 5.74) is 0.0247. The van der Waals surface area contributed by atoms with Crippen LogP contribution in [0.3, 0.4) is 0 Å². The first-order valence-electron chi connectivity index (χ1n) is 8.24. The molecule has 0 aromatic heterocycles. The molecular weight excluding hydrogens is 254 g/mol. The van der Waals surface area contributed by atoms with Crippen LogP contribution in [-0.2, 0) is 4.79 Å². The quantitative estimate of drug-likeness (QED) is 0.746. The maximum atomic E-state index is 12.5. The minimum atomic E-state index is -0.483. The molecule has 0 amide bonds. The zero-order valence-corrected chi connectivity index (χ0v) is 12.0. The van der Waals surface area contributed by atoms with Gasteiger partial charge in [0.1, 0.15) is 5.78 Å². The topological polar surface area (TPSA) is 60.8 Å². The summed E-state index contributed by atoms with van der Waals surface area (Å²) in [7, 11) is 0. The van der Waals surface area contributed by atoms with Crippen LogP contribution in [0.1, 0.15) is 38.5 Å². The van der Waals surface area contributed by atoms with Gasteiger partial charge in [0.2, 0.25) is 0 Å². The normalized spacial score (nSPS) is 54.4. The molecule has 2 bridgehead atoms. The van der Waals surface area contributed by atoms with E-state index in [0.717, 1.165) is 45.2 Å². The molecule has 2 aliphatic heterocycles. The van der Waals surface area contributed by atoms with E-state index in [2.05, 4.69) is 4.90 Å². The van der Waals surface area contributed by atoms with Crippen molar-refractivity contribution in [3.63, 3.8) is 0 Å². The van der Waals surface area contributed by atoms with Crippen molar-refractivity contribution in [2.75, 3.05) is 19.7 Å². The van der Waals surface area contributed by atoms with Crippen LogP contribution in [0.4, 0.5) is 0 Å². The Bertz CT molecular complexity index is 426. The number of hydrogen-bond donors (Lipinski definition) is 2. The minimum Gasteiger partial charge on any atom is -0.396 e. The summed E-state index contributed by atoms with van der Waals surface area (Å²) in [5, 5.41) is 20.3. The second-order valence-electron chi connectivity index (χ2n) is 7.41. The Morgan fingerprint density at radius 1 is 1.30 bits per heavy atom. The van der Waals surface area contributed by atoms with Gasteiger partial charge < -0.3 is 10.2 Å². The van der Waals surface area contributed by atoms with Gasteiger partial charge >= 0.3 is 0 Å². The number of Topliss-reactive ketones (excluding diaryl/α,β-unsaturated/α-hetero) is 1. The third-order valence-electron chi connectivity index (χ3n) is 6.86. The van der Waals surface area contributed by atoms with Crippen LogP contribution in [0, 0.1) is 23.2 Å². The number of piperidine rings is 1. The van der Waals surface area contributed by atoms with Gasteiger partial charge in [-0.3, -0.25) is 9.69 Å². The Morgan fingerprint density at radius 3 is 2.90 bits per heavy atom. The molecule has 4 heteroatoms. The summed E-state index contributed by atoms with van der Waals surface area (Å²) in [5.74, 6) is 0.624. The number of rotatable bonds is 1. The molecule has 2 saturated heterocycles. The predicted octanol–water partition coefficient (Wildman–Crippen LogP) is 0.809. The lowest BCUT2D eigenvalue weighted by Crippen LogP contribution is -2.62. The lowest BCUT2D eigenvalue weighted by Gasteiger charge is -2.58. The van der Waals surface area contributed by atoms with Crippen molar-refractivity contribution in [3.8, 4) is 0 Å². The van der Waals surface area contributed by atoms with E-state index in [4.69, 9.17) is 0 Å². The number of aliphatic hydroxyl groups is 2. The van der Waals surface area contributed by atoms with E-state index in [1.807, 2.05) is 0 Å². The third-order valence-corrected chi connectivity index (χ3v) is 6.86. The average molecular weight is 279 g/mol. The number of hydrogen-bond acceptors (Lipinski definition) is 4. The second kappa shape index (κ2) is 4.52. The summed E-state index contributed by atoms with van der Waals surface area (Å²) in [4.78, 5) is 15.1. The van der Waals surface area contributed by atoms with E-state index in [1.165, 1.54) is 0 Å². The molecule has 7 atom stereocenters. The van der Waals surface area contributed by atoms with Crippen molar-refractivity contribution in [1.82, 2.24) is 4.90 Å². The molecule has 2 aliphatic carbocycles. The third kappa shape index (κ3) is 1.50. The standard InChI is InChI=1S/C16H25NO3/c18-9-10-7-14-16-4-2-6-17(14)5-1-3-11(16)13(19)8-12(16)15(10)20/h10-12,14-15,18,20H,1-9H2. The highest BCUT2D eigenvalue weighted by Crippen LogP contribution is 2.62. The highest BCUT2D eigenvalue weighted by atomic mass is 16.3. The van der Waals surface area contributed by atoms with Crippen LogP contribution in [0.2, 0.25) is 0 Å². The second-order valence-corrected chi connectivity index (χ2v) is 7.41. The van der Waals surface area contributed by atoms with Gasteiger partial charge in [-0.1, -0.05) is 0 Å². The number of nitrogens with zero attached hydrogens (tertiary/aromatic N) is 1. The van der Waals surface area contributed by atoms with Gasteiger partial charge in [-0.15, -0.1) is 0 Å². The molecule has 2 N–H and O–H groups in total. The zero-order valence-electron chi connectivity index (χ0n) is 12.0. The van der Waals surface area contributed by atoms with Crippen LogP contribution < -0.4 is 0 Å². The molecular formula is C16H25NO3. The van der Waals surface area contributed by atoms with E-state index >= 15 is 0 Å². The van der Waals surface area contributed by atoms with E-state index in [0.29, 0.717) is 18.2 Å². The fourth-order valence-corrected chi connectivity index (χ4v) is 6.14. The molecule has 1 spiro atoms. The SMILES string of the molecule is O=C1CC2C(O)C(CO)CC3N4CCCC1C23CCC4. The van der Waals surface area contributed by atoms with Gasteiger partial charge in [0.05, 0.1) is 6.10 Å². The van der Waals surface area contributed by atoms with Crippen LogP contribution in [-0.4, -0.2) is 52.7 Å². The Balaban J connectivity index is 1.82. The molecule has 20 heavy (non-hydrogen) atoms. The zero-order chi connectivity index (χ0) is 13.9. The Morgan fingerprint density at radius 2 is 2.10 bits per heavy atom. The minimum absolute atomic E-state index is 0.0247. The van der Waals surface area contributed by atoms with Gasteiger partial charge in [-0.05, 0) is 51.1 Å². The first kappa shape index (κ1) is 13.2. The molecule has 4 nitrogen and oxygen atoms in total. The average Bonchev–Trinajstić information content (AvgIpc) is 2.68. The molecule has 0 aromatic rings. The monoisotopic (exact) mass is 279 g/mol. The van der Waals surface area contributed by atoms with Gasteiger partial charge in [0.25, 0.3) is 0 Å². The van der Waals surface area contributed by atoms with Gasteiger partial charge in [0, 0.05) is 36.3 Å². The van der Waals surface area contributed by atoms with E-state index < -0.39 is 6.10 Å². The van der Waals surface area contributed by atoms with E-state index in [9.17, 15) is 15.0 Å². The van der Waals surface area contributed by atoms with Crippen molar-refractivity contribution >= 4 is 5.78 Å². The number of carbonyl (C=O) groups is 1. The number of carbonyl (C=O) groups excluding carboxylic acids is 1. The smallest absolute Gasteiger partial charge is 0.137 e. The lowest BCUT2D eigenvalue weighted by atomic mass is 9.54.